The monoisotopic (exact) mass is 399 g/mol. The molecule has 1 N–H and O–H groups in total. The number of nitrogens with one attached hydrogen (secondary N) is 1. The van der Waals surface area contributed by atoms with Crippen LogP contribution >= 0.6 is 0 Å². The first-order valence-corrected chi connectivity index (χ1v) is 10.7. The summed E-state index contributed by atoms with van der Waals surface area (Å²) in [4.78, 5) is 1.56. The SMILES string of the molecule is CCCCCCCCCCCC[NH+]1C=CC=C1C.O=S(=O)([O-])C(F)(F)F. The van der Waals surface area contributed by atoms with Crippen molar-refractivity contribution in [2.45, 2.75) is 83.6 Å². The summed E-state index contributed by atoms with van der Waals surface area (Å²) < 4.78 is 58.9. The van der Waals surface area contributed by atoms with Gasteiger partial charge in [0.2, 0.25) is 0 Å². The Bertz CT molecular complexity index is 528. The van der Waals surface area contributed by atoms with E-state index in [9.17, 15) is 13.2 Å². The molecule has 0 radical (unpaired) electrons. The summed E-state index contributed by atoms with van der Waals surface area (Å²) in [5.74, 6) is 0. The second-order valence-electron chi connectivity index (χ2n) is 6.57. The molecule has 1 rings (SSSR count). The van der Waals surface area contributed by atoms with E-state index < -0.39 is 15.6 Å². The summed E-state index contributed by atoms with van der Waals surface area (Å²) in [5.41, 5.74) is -4.17. The first kappa shape index (κ1) is 25.1. The second-order valence-corrected chi connectivity index (χ2v) is 7.94. The molecule has 8 heteroatoms. The standard InChI is InChI=1S/C17H31N.CHF3O3S/c1-3-4-5-6-7-8-9-10-11-12-15-18-16-13-14-17(18)2;2-1(3,4)8(5,6)7/h13-14,16H,3-12,15H2,1-2H3;(H,5,6,7). The van der Waals surface area contributed by atoms with Gasteiger partial charge in [0, 0.05) is 6.92 Å². The van der Waals surface area contributed by atoms with Gasteiger partial charge in [-0.3, -0.25) is 4.90 Å². The van der Waals surface area contributed by atoms with Crippen molar-refractivity contribution in [1.29, 1.82) is 0 Å². The minimum absolute atomic E-state index is 1.29. The molecule has 0 spiro atoms. The van der Waals surface area contributed by atoms with E-state index in [2.05, 4.69) is 32.2 Å². The smallest absolute Gasteiger partial charge is 0.485 e. The number of alkyl halides is 3. The molecule has 0 amide bonds. The molecule has 0 bridgehead atoms. The fourth-order valence-electron chi connectivity index (χ4n) is 2.63. The Morgan fingerprint density at radius 3 is 1.73 bits per heavy atom. The van der Waals surface area contributed by atoms with Crippen LogP contribution in [-0.2, 0) is 10.1 Å². The van der Waals surface area contributed by atoms with E-state index >= 15 is 0 Å². The van der Waals surface area contributed by atoms with Gasteiger partial charge < -0.3 is 4.55 Å². The van der Waals surface area contributed by atoms with E-state index in [4.69, 9.17) is 13.0 Å². The van der Waals surface area contributed by atoms with Gasteiger partial charge in [0.15, 0.2) is 10.1 Å². The molecule has 1 atom stereocenters. The molecule has 0 saturated carbocycles. The maximum absolute atomic E-state index is 10.7. The number of quaternary nitrogens is 1. The van der Waals surface area contributed by atoms with Crippen LogP contribution < -0.4 is 4.90 Å². The second kappa shape index (κ2) is 13.3. The average molecular weight is 400 g/mol. The minimum atomic E-state index is -6.09. The molecule has 154 valence electrons. The lowest BCUT2D eigenvalue weighted by molar-refractivity contribution is -0.802. The zero-order valence-corrected chi connectivity index (χ0v) is 16.6. The zero-order valence-electron chi connectivity index (χ0n) is 15.8. The third kappa shape index (κ3) is 12.5. The Morgan fingerprint density at radius 2 is 1.38 bits per heavy atom. The van der Waals surface area contributed by atoms with E-state index in [1.807, 2.05) is 0 Å². The molecule has 1 aliphatic rings. The third-order valence-corrected chi connectivity index (χ3v) is 4.80. The molecule has 0 aromatic rings. The van der Waals surface area contributed by atoms with Crippen molar-refractivity contribution in [3.8, 4) is 0 Å². The van der Waals surface area contributed by atoms with Crippen LogP contribution in [0.5, 0.6) is 0 Å². The highest BCUT2D eigenvalue weighted by Gasteiger charge is 2.36. The molecule has 1 aliphatic heterocycles. The van der Waals surface area contributed by atoms with Crippen LogP contribution in [0, 0.1) is 0 Å². The molecule has 1 heterocycles. The van der Waals surface area contributed by atoms with Crippen molar-refractivity contribution < 1.29 is 31.0 Å². The van der Waals surface area contributed by atoms with Gasteiger partial charge in [0.1, 0.15) is 5.70 Å². The number of allylic oxidation sites excluding steroid dienone is 3. The third-order valence-electron chi connectivity index (χ3n) is 4.23. The molecule has 0 fully saturated rings. The first-order chi connectivity index (χ1) is 12.1. The Balaban J connectivity index is 0.000000660. The topological polar surface area (TPSA) is 61.6 Å². The number of rotatable bonds is 11. The predicted octanol–water partition coefficient (Wildman–Crippen LogP) is 4.27. The van der Waals surface area contributed by atoms with Crippen LogP contribution in [0.2, 0.25) is 0 Å². The van der Waals surface area contributed by atoms with E-state index in [0.717, 1.165) is 0 Å². The molecule has 0 aromatic heterocycles. The molecule has 0 aromatic carbocycles. The van der Waals surface area contributed by atoms with Crippen LogP contribution in [-0.4, -0.2) is 25.0 Å². The highest BCUT2D eigenvalue weighted by atomic mass is 32.2. The van der Waals surface area contributed by atoms with Crippen molar-refractivity contribution in [2.24, 2.45) is 0 Å². The highest BCUT2D eigenvalue weighted by molar-refractivity contribution is 7.86. The van der Waals surface area contributed by atoms with Crippen LogP contribution in [0.25, 0.3) is 0 Å². The van der Waals surface area contributed by atoms with Gasteiger partial charge in [-0.15, -0.1) is 0 Å². The average Bonchev–Trinajstić information content (AvgIpc) is 2.93. The lowest BCUT2D eigenvalue weighted by Crippen LogP contribution is -3.04. The van der Waals surface area contributed by atoms with E-state index in [-0.39, 0.29) is 0 Å². The maximum atomic E-state index is 10.7. The van der Waals surface area contributed by atoms with Crippen molar-refractivity contribution in [2.75, 3.05) is 6.54 Å². The summed E-state index contributed by atoms with van der Waals surface area (Å²) in [6, 6.07) is 0. The number of hydrogen-bond acceptors (Lipinski definition) is 3. The van der Waals surface area contributed by atoms with Crippen molar-refractivity contribution in [3.05, 3.63) is 24.0 Å². The Kier molecular flexibility index (Phi) is 12.9. The lowest BCUT2D eigenvalue weighted by atomic mass is 10.1. The quantitative estimate of drug-likeness (QED) is 0.321. The van der Waals surface area contributed by atoms with E-state index in [0.29, 0.717) is 0 Å². The molecular weight excluding hydrogens is 367 g/mol. The van der Waals surface area contributed by atoms with Crippen LogP contribution in [0.3, 0.4) is 0 Å². The fourth-order valence-corrected chi connectivity index (χ4v) is 2.63. The molecule has 0 saturated heterocycles. The molecule has 0 aliphatic carbocycles. The van der Waals surface area contributed by atoms with Gasteiger partial charge >= 0.3 is 5.51 Å². The molecule has 1 unspecified atom stereocenters. The molecule has 4 nitrogen and oxygen atoms in total. The summed E-state index contributed by atoms with van der Waals surface area (Å²) >= 11 is 0. The summed E-state index contributed by atoms with van der Waals surface area (Å²) in [5, 5.41) is 0. The van der Waals surface area contributed by atoms with Gasteiger partial charge in [0.25, 0.3) is 0 Å². The number of halogens is 3. The Morgan fingerprint density at radius 1 is 0.962 bits per heavy atom. The Hall–Kier alpha value is -0.860. The normalized spacial score (nSPS) is 17.0. The number of unbranched alkanes of at least 4 members (excludes halogenated alkanes) is 9. The fraction of sp³-hybridized carbons (Fsp3) is 0.778. The van der Waals surface area contributed by atoms with Gasteiger partial charge in [-0.25, -0.2) is 8.42 Å². The lowest BCUT2D eigenvalue weighted by Gasteiger charge is -2.10. The Labute approximate surface area is 155 Å². The summed E-state index contributed by atoms with van der Waals surface area (Å²) in [6.07, 6.45) is 21.0. The van der Waals surface area contributed by atoms with Gasteiger partial charge in [-0.1, -0.05) is 58.3 Å². The highest BCUT2D eigenvalue weighted by Crippen LogP contribution is 2.20. The number of hydrogen-bond donors (Lipinski definition) is 1. The summed E-state index contributed by atoms with van der Waals surface area (Å²) in [6.45, 7) is 5.80. The van der Waals surface area contributed by atoms with E-state index in [1.165, 1.54) is 76.5 Å². The molecular formula is C18H32F3NO3S. The van der Waals surface area contributed by atoms with Crippen LogP contribution in [0.1, 0.15) is 78.1 Å². The van der Waals surface area contributed by atoms with Crippen LogP contribution in [0.15, 0.2) is 24.0 Å². The van der Waals surface area contributed by atoms with Crippen molar-refractivity contribution >= 4 is 10.1 Å². The first-order valence-electron chi connectivity index (χ1n) is 9.33. The van der Waals surface area contributed by atoms with Crippen molar-refractivity contribution in [3.63, 3.8) is 0 Å². The van der Waals surface area contributed by atoms with Gasteiger partial charge in [-0.2, -0.15) is 13.2 Å². The van der Waals surface area contributed by atoms with Gasteiger partial charge in [-0.05, 0) is 25.0 Å². The predicted molar refractivity (Wildman–Crippen MR) is 96.3 cm³/mol. The van der Waals surface area contributed by atoms with Crippen molar-refractivity contribution in [1.82, 2.24) is 0 Å². The maximum Gasteiger partial charge on any atom is 0.485 e. The zero-order chi connectivity index (χ0) is 20.1. The van der Waals surface area contributed by atoms with Gasteiger partial charge in [0.05, 0.1) is 12.7 Å². The van der Waals surface area contributed by atoms with E-state index in [1.54, 1.807) is 4.90 Å². The molecule has 26 heavy (non-hydrogen) atoms. The minimum Gasteiger partial charge on any atom is -0.741 e. The van der Waals surface area contributed by atoms with Crippen LogP contribution in [0.4, 0.5) is 13.2 Å². The largest absolute Gasteiger partial charge is 0.741 e. The summed E-state index contributed by atoms with van der Waals surface area (Å²) in [7, 11) is -6.09.